The van der Waals surface area contributed by atoms with Gasteiger partial charge in [0, 0.05) is 19.4 Å². The Balaban J connectivity index is 1.76. The number of carbonyl (C=O) groups is 3. The van der Waals surface area contributed by atoms with Crippen LogP contribution in [0.15, 0.2) is 0 Å². The Morgan fingerprint density at radius 1 is 0.658 bits per heavy atom. The molecule has 0 spiro atoms. The molecule has 0 atom stereocenters. The summed E-state index contributed by atoms with van der Waals surface area (Å²) >= 11 is 0. The van der Waals surface area contributed by atoms with Crippen LogP contribution in [0.4, 0.5) is 0 Å². The minimum absolute atomic E-state index is 0.0660. The standard InChI is InChI=1S/C32H59NO5/c1-32(2,3)38-30(35)21-19-17-15-13-11-9-7-5-4-6-8-10-12-14-16-18-20-29(34)33-26-27-22-24-28(25-23-27)31(36)37/h27-28H,4-26H2,1-3H3,(H,33,34)(H,36,37). The van der Waals surface area contributed by atoms with Crippen molar-refractivity contribution < 1.29 is 24.2 Å². The van der Waals surface area contributed by atoms with Crippen LogP contribution in [0.3, 0.4) is 0 Å². The van der Waals surface area contributed by atoms with Gasteiger partial charge < -0.3 is 15.2 Å². The van der Waals surface area contributed by atoms with Crippen molar-refractivity contribution in [3.8, 4) is 0 Å². The van der Waals surface area contributed by atoms with Crippen LogP contribution in [-0.2, 0) is 19.1 Å². The van der Waals surface area contributed by atoms with Gasteiger partial charge in [-0.2, -0.15) is 0 Å². The summed E-state index contributed by atoms with van der Waals surface area (Å²) in [4.78, 5) is 34.8. The second-order valence-corrected chi connectivity index (χ2v) is 12.6. The first-order valence-electron chi connectivity index (χ1n) is 15.9. The molecule has 1 aliphatic carbocycles. The average molecular weight is 538 g/mol. The Labute approximate surface area is 233 Å². The minimum atomic E-state index is -0.670. The third-order valence-corrected chi connectivity index (χ3v) is 7.74. The predicted molar refractivity (Wildman–Crippen MR) is 155 cm³/mol. The lowest BCUT2D eigenvalue weighted by Gasteiger charge is -2.26. The Bertz CT molecular complexity index is 634. The first-order valence-corrected chi connectivity index (χ1v) is 15.9. The molecule has 1 fully saturated rings. The van der Waals surface area contributed by atoms with Gasteiger partial charge in [0.1, 0.15) is 5.60 Å². The number of unbranched alkanes of at least 4 members (excludes halogenated alkanes) is 15. The number of rotatable bonds is 22. The lowest BCUT2D eigenvalue weighted by Crippen LogP contribution is -2.32. The molecule has 0 heterocycles. The molecular weight excluding hydrogens is 478 g/mol. The fourth-order valence-electron chi connectivity index (χ4n) is 5.38. The molecule has 0 saturated heterocycles. The summed E-state index contributed by atoms with van der Waals surface area (Å²) in [7, 11) is 0. The number of nitrogens with one attached hydrogen (secondary N) is 1. The van der Waals surface area contributed by atoms with Gasteiger partial charge in [0.15, 0.2) is 0 Å². The highest BCUT2D eigenvalue weighted by atomic mass is 16.6. The summed E-state index contributed by atoms with van der Waals surface area (Å²) in [6, 6.07) is 0. The van der Waals surface area contributed by atoms with Crippen LogP contribution in [0.2, 0.25) is 0 Å². The van der Waals surface area contributed by atoms with Crippen molar-refractivity contribution in [2.24, 2.45) is 11.8 Å². The van der Waals surface area contributed by atoms with Crippen molar-refractivity contribution in [1.82, 2.24) is 5.32 Å². The highest BCUT2D eigenvalue weighted by molar-refractivity contribution is 5.75. The zero-order valence-corrected chi connectivity index (χ0v) is 25.0. The number of carboxylic acid groups (broad SMARTS) is 1. The SMILES string of the molecule is CC(C)(C)OC(=O)CCCCCCCCCCCCCCCCCCC(=O)NCC1CCC(C(=O)O)CC1. The van der Waals surface area contributed by atoms with Crippen LogP contribution < -0.4 is 5.32 Å². The molecule has 0 aromatic heterocycles. The zero-order chi connectivity index (χ0) is 28.1. The van der Waals surface area contributed by atoms with E-state index in [9.17, 15) is 14.4 Å². The maximum Gasteiger partial charge on any atom is 0.306 e. The molecule has 38 heavy (non-hydrogen) atoms. The fraction of sp³-hybridized carbons (Fsp3) is 0.906. The molecule has 0 unspecified atom stereocenters. The molecule has 6 heteroatoms. The van der Waals surface area contributed by atoms with Crippen LogP contribution >= 0.6 is 0 Å². The number of hydrogen-bond acceptors (Lipinski definition) is 4. The number of hydrogen-bond donors (Lipinski definition) is 2. The molecular formula is C32H59NO5. The smallest absolute Gasteiger partial charge is 0.306 e. The Morgan fingerprint density at radius 2 is 1.05 bits per heavy atom. The van der Waals surface area contributed by atoms with Crippen molar-refractivity contribution >= 4 is 17.8 Å². The maximum atomic E-state index is 12.1. The number of amides is 1. The summed E-state index contributed by atoms with van der Waals surface area (Å²) in [6.45, 7) is 6.46. The van der Waals surface area contributed by atoms with Crippen LogP contribution in [0.5, 0.6) is 0 Å². The molecule has 6 nitrogen and oxygen atoms in total. The van der Waals surface area contributed by atoms with E-state index in [4.69, 9.17) is 9.84 Å². The molecule has 0 aliphatic heterocycles. The van der Waals surface area contributed by atoms with E-state index in [-0.39, 0.29) is 23.4 Å². The molecule has 0 aromatic carbocycles. The number of carbonyl (C=O) groups excluding carboxylic acids is 2. The largest absolute Gasteiger partial charge is 0.481 e. The van der Waals surface area contributed by atoms with Gasteiger partial charge in [0.05, 0.1) is 5.92 Å². The molecule has 222 valence electrons. The van der Waals surface area contributed by atoms with Crippen LogP contribution in [0.1, 0.15) is 162 Å². The quantitative estimate of drug-likeness (QED) is 0.107. The fourth-order valence-corrected chi connectivity index (χ4v) is 5.38. The van der Waals surface area contributed by atoms with Crippen molar-refractivity contribution in [2.45, 2.75) is 168 Å². The molecule has 0 aromatic rings. The molecule has 1 aliphatic rings. The van der Waals surface area contributed by atoms with E-state index in [1.165, 1.54) is 77.0 Å². The minimum Gasteiger partial charge on any atom is -0.481 e. The van der Waals surface area contributed by atoms with Crippen molar-refractivity contribution in [3.63, 3.8) is 0 Å². The third kappa shape index (κ3) is 20.4. The van der Waals surface area contributed by atoms with E-state index in [1.54, 1.807) is 0 Å². The topological polar surface area (TPSA) is 92.7 Å². The second-order valence-electron chi connectivity index (χ2n) is 12.6. The van der Waals surface area contributed by atoms with Crippen LogP contribution in [0.25, 0.3) is 0 Å². The number of esters is 1. The van der Waals surface area contributed by atoms with Gasteiger partial charge in [-0.05, 0) is 65.2 Å². The highest BCUT2D eigenvalue weighted by Crippen LogP contribution is 2.28. The van der Waals surface area contributed by atoms with Crippen LogP contribution in [-0.4, -0.2) is 35.1 Å². The monoisotopic (exact) mass is 537 g/mol. The highest BCUT2D eigenvalue weighted by Gasteiger charge is 2.25. The van der Waals surface area contributed by atoms with E-state index < -0.39 is 5.97 Å². The van der Waals surface area contributed by atoms with Crippen molar-refractivity contribution in [1.29, 1.82) is 0 Å². The Morgan fingerprint density at radius 3 is 1.45 bits per heavy atom. The average Bonchev–Trinajstić information content (AvgIpc) is 2.86. The van der Waals surface area contributed by atoms with Gasteiger partial charge in [0.2, 0.25) is 5.91 Å². The lowest BCUT2D eigenvalue weighted by molar-refractivity contribution is -0.155. The van der Waals surface area contributed by atoms with Crippen molar-refractivity contribution in [2.75, 3.05) is 6.54 Å². The Kier molecular flexibility index (Phi) is 19.3. The number of ether oxygens (including phenoxy) is 1. The lowest BCUT2D eigenvalue weighted by atomic mass is 9.82. The molecule has 0 radical (unpaired) electrons. The summed E-state index contributed by atoms with van der Waals surface area (Å²) in [5, 5.41) is 12.1. The summed E-state index contributed by atoms with van der Waals surface area (Å²) < 4.78 is 5.34. The Hall–Kier alpha value is -1.59. The predicted octanol–water partition coefficient (Wildman–Crippen LogP) is 8.36. The van der Waals surface area contributed by atoms with Gasteiger partial charge in [-0.15, -0.1) is 0 Å². The first kappa shape index (κ1) is 34.4. The van der Waals surface area contributed by atoms with E-state index in [1.807, 2.05) is 20.8 Å². The third-order valence-electron chi connectivity index (χ3n) is 7.74. The summed E-state index contributed by atoms with van der Waals surface area (Å²) in [5.74, 6) is -0.315. The summed E-state index contributed by atoms with van der Waals surface area (Å²) in [5.41, 5.74) is -0.368. The molecule has 0 bridgehead atoms. The zero-order valence-electron chi connectivity index (χ0n) is 25.0. The number of aliphatic carboxylic acids is 1. The van der Waals surface area contributed by atoms with Gasteiger partial charge in [0.25, 0.3) is 0 Å². The molecule has 1 rings (SSSR count). The van der Waals surface area contributed by atoms with E-state index in [0.29, 0.717) is 25.3 Å². The van der Waals surface area contributed by atoms with Gasteiger partial charge in [-0.25, -0.2) is 0 Å². The van der Waals surface area contributed by atoms with Crippen LogP contribution in [0, 0.1) is 11.8 Å². The maximum absolute atomic E-state index is 12.1. The normalized spacial score (nSPS) is 17.8. The van der Waals surface area contributed by atoms with Gasteiger partial charge in [-0.1, -0.05) is 89.9 Å². The molecule has 1 amide bonds. The first-order chi connectivity index (χ1) is 18.2. The van der Waals surface area contributed by atoms with Gasteiger partial charge in [-0.3, -0.25) is 14.4 Å². The summed E-state index contributed by atoms with van der Waals surface area (Å²) in [6.07, 6.45) is 24.4. The molecule has 1 saturated carbocycles. The number of carboxylic acids is 1. The van der Waals surface area contributed by atoms with E-state index in [2.05, 4.69) is 5.32 Å². The second kappa shape index (κ2) is 21.3. The van der Waals surface area contributed by atoms with E-state index >= 15 is 0 Å². The van der Waals surface area contributed by atoms with Crippen molar-refractivity contribution in [3.05, 3.63) is 0 Å². The van der Waals surface area contributed by atoms with Gasteiger partial charge >= 0.3 is 11.9 Å². The molecule has 2 N–H and O–H groups in total. The van der Waals surface area contributed by atoms with E-state index in [0.717, 1.165) is 51.4 Å².